The van der Waals surface area contributed by atoms with E-state index in [-0.39, 0.29) is 11.5 Å². The van der Waals surface area contributed by atoms with Crippen molar-refractivity contribution in [1.29, 1.82) is 0 Å². The van der Waals surface area contributed by atoms with Crippen LogP contribution in [-0.2, 0) is 4.74 Å². The van der Waals surface area contributed by atoms with Crippen LogP contribution < -0.4 is 10.6 Å². The van der Waals surface area contributed by atoms with Gasteiger partial charge >= 0.3 is 0 Å². The van der Waals surface area contributed by atoms with E-state index in [1.807, 2.05) is 0 Å². The first kappa shape index (κ1) is 20.2. The summed E-state index contributed by atoms with van der Waals surface area (Å²) in [5.41, 5.74) is 1.82. The predicted octanol–water partition coefficient (Wildman–Crippen LogP) is 1.84. The molecule has 0 unspecified atom stereocenters. The summed E-state index contributed by atoms with van der Waals surface area (Å²) in [4.78, 5) is 10.8. The van der Waals surface area contributed by atoms with Crippen molar-refractivity contribution < 1.29 is 13.5 Å². The van der Waals surface area contributed by atoms with Crippen LogP contribution >= 0.6 is 0 Å². The van der Waals surface area contributed by atoms with Gasteiger partial charge in [0, 0.05) is 32.5 Å². The number of anilines is 2. The minimum absolute atomic E-state index is 0.236. The Morgan fingerprint density at radius 2 is 2.06 bits per heavy atom. The van der Waals surface area contributed by atoms with Crippen LogP contribution in [0.1, 0.15) is 6.42 Å². The monoisotopic (exact) mass is 455 g/mol. The number of nitrogens with one attached hydrogen (secondary N) is 2. The maximum absolute atomic E-state index is 15.1. The average molecular weight is 455 g/mol. The maximum Gasteiger partial charge on any atom is 0.243 e. The van der Waals surface area contributed by atoms with Crippen LogP contribution in [0.15, 0.2) is 30.7 Å². The Labute approximate surface area is 187 Å². The van der Waals surface area contributed by atoms with Gasteiger partial charge < -0.3 is 15.4 Å². The molecule has 2 N–H and O–H groups in total. The number of nitrogens with zero attached hydrogens (tertiary/aromatic N) is 7. The van der Waals surface area contributed by atoms with Crippen molar-refractivity contribution in [2.75, 3.05) is 44.0 Å². The van der Waals surface area contributed by atoms with E-state index in [0.29, 0.717) is 54.9 Å². The van der Waals surface area contributed by atoms with Crippen molar-refractivity contribution in [2.45, 2.75) is 24.7 Å². The number of hydrogen-bond acceptors (Lipinski definition) is 8. The molecule has 6 rings (SSSR count). The highest BCUT2D eigenvalue weighted by Gasteiger charge is 2.35. The molecular formula is C21H23F2N9O. The zero-order chi connectivity index (χ0) is 22.5. The number of rotatable bonds is 5. The molecule has 6 heterocycles. The van der Waals surface area contributed by atoms with Crippen LogP contribution in [0.2, 0.25) is 0 Å². The fourth-order valence-corrected chi connectivity index (χ4v) is 4.50. The first-order valence-corrected chi connectivity index (χ1v) is 10.9. The molecule has 2 atom stereocenters. The molecule has 0 amide bonds. The van der Waals surface area contributed by atoms with E-state index in [4.69, 9.17) is 4.74 Å². The molecule has 0 spiro atoms. The Balaban J connectivity index is 1.31. The molecule has 10 nitrogen and oxygen atoms in total. The summed E-state index contributed by atoms with van der Waals surface area (Å²) in [5.74, 6) is 0.169. The number of piperidine rings is 1. The lowest BCUT2D eigenvalue weighted by molar-refractivity contribution is -0.0794. The molecule has 0 aliphatic carbocycles. The number of imidazole rings is 1. The number of likely N-dealkylation sites (tertiary alicyclic amines) is 1. The molecule has 2 aliphatic rings. The summed E-state index contributed by atoms with van der Waals surface area (Å²) < 4.78 is 38.2. The standard InChI is InChI=1S/C21H23F2N9O/c1-24-20-19-18(16-2-3-17-25-5-7-31(17)28-16)14(23)9-32(19)29-21(27-20)26-15-4-6-30(8-13(15)22)12-10-33-11-12/h2-3,5,7,9,12-13,15H,4,6,8,10-11H2,1H3,(H2,24,26,27,29)/t13-,15+/m1/s1. The summed E-state index contributed by atoms with van der Waals surface area (Å²) in [6.07, 6.45) is 4.16. The molecule has 2 aliphatic heterocycles. The summed E-state index contributed by atoms with van der Waals surface area (Å²) in [6.45, 7) is 2.45. The van der Waals surface area contributed by atoms with Gasteiger partial charge in [0.2, 0.25) is 5.95 Å². The summed E-state index contributed by atoms with van der Waals surface area (Å²) in [5, 5.41) is 15.0. The van der Waals surface area contributed by atoms with Crippen LogP contribution in [0, 0.1) is 5.82 Å². The zero-order valence-corrected chi connectivity index (χ0v) is 17.9. The lowest BCUT2D eigenvalue weighted by atomic mass is 10.0. The van der Waals surface area contributed by atoms with Crippen molar-refractivity contribution >= 4 is 22.9 Å². The molecule has 2 saturated heterocycles. The second kappa shape index (κ2) is 7.89. The highest BCUT2D eigenvalue weighted by Crippen LogP contribution is 2.32. The molecule has 4 aromatic rings. The third-order valence-corrected chi connectivity index (χ3v) is 6.36. The number of aromatic nitrogens is 6. The van der Waals surface area contributed by atoms with E-state index in [0.717, 1.165) is 6.54 Å². The molecule has 12 heteroatoms. The molecule has 2 fully saturated rings. The van der Waals surface area contributed by atoms with E-state index in [9.17, 15) is 4.39 Å². The van der Waals surface area contributed by atoms with Crippen LogP contribution in [0.3, 0.4) is 0 Å². The lowest BCUT2D eigenvalue weighted by Gasteiger charge is -2.42. The highest BCUT2D eigenvalue weighted by atomic mass is 19.1. The minimum Gasteiger partial charge on any atom is -0.378 e. The molecule has 0 aromatic carbocycles. The average Bonchev–Trinajstić information content (AvgIpc) is 3.36. The minimum atomic E-state index is -1.07. The Kier molecular flexibility index (Phi) is 4.84. The van der Waals surface area contributed by atoms with Gasteiger partial charge in [0.1, 0.15) is 11.7 Å². The largest absolute Gasteiger partial charge is 0.378 e. The number of ether oxygens (including phenoxy) is 1. The van der Waals surface area contributed by atoms with Gasteiger partial charge in [-0.15, -0.1) is 5.10 Å². The molecule has 172 valence electrons. The second-order valence-electron chi connectivity index (χ2n) is 8.37. The first-order chi connectivity index (χ1) is 16.1. The summed E-state index contributed by atoms with van der Waals surface area (Å²) >= 11 is 0. The Bertz CT molecular complexity index is 1320. The van der Waals surface area contributed by atoms with Gasteiger partial charge in [-0.1, -0.05) is 0 Å². The second-order valence-corrected chi connectivity index (χ2v) is 8.37. The quantitative estimate of drug-likeness (QED) is 0.471. The SMILES string of the molecule is CNc1nc(N[C@H]2CCN(C3COC3)C[C@H]2F)nn2cc(F)c(-c3ccc4nccn4n3)c12. The number of halogens is 2. The Morgan fingerprint density at radius 1 is 1.18 bits per heavy atom. The van der Waals surface area contributed by atoms with E-state index >= 15 is 4.39 Å². The lowest BCUT2D eigenvalue weighted by Crippen LogP contribution is -2.57. The summed E-state index contributed by atoms with van der Waals surface area (Å²) in [7, 11) is 1.70. The number of fused-ring (bicyclic) bond motifs is 2. The molecule has 4 aromatic heterocycles. The topological polar surface area (TPSA) is 96.9 Å². The van der Waals surface area contributed by atoms with Crippen molar-refractivity contribution in [3.05, 3.63) is 36.5 Å². The van der Waals surface area contributed by atoms with E-state index in [1.165, 1.54) is 10.7 Å². The Hall–Kier alpha value is -3.38. The van der Waals surface area contributed by atoms with Crippen LogP contribution in [0.5, 0.6) is 0 Å². The van der Waals surface area contributed by atoms with Gasteiger partial charge in [-0.25, -0.2) is 22.8 Å². The number of alkyl halides is 1. The van der Waals surface area contributed by atoms with Crippen LogP contribution in [-0.4, -0.2) is 85.7 Å². The van der Waals surface area contributed by atoms with Crippen LogP contribution in [0.4, 0.5) is 20.5 Å². The molecule has 0 radical (unpaired) electrons. The normalized spacial score (nSPS) is 22.0. The van der Waals surface area contributed by atoms with E-state index in [2.05, 4.69) is 35.7 Å². The third-order valence-electron chi connectivity index (χ3n) is 6.36. The van der Waals surface area contributed by atoms with E-state index < -0.39 is 18.0 Å². The Morgan fingerprint density at radius 3 is 2.82 bits per heavy atom. The van der Waals surface area contributed by atoms with Crippen molar-refractivity contribution in [3.63, 3.8) is 0 Å². The first-order valence-electron chi connectivity index (χ1n) is 10.9. The predicted molar refractivity (Wildman–Crippen MR) is 118 cm³/mol. The van der Waals surface area contributed by atoms with Gasteiger partial charge in [-0.05, 0) is 18.6 Å². The third kappa shape index (κ3) is 3.45. The van der Waals surface area contributed by atoms with Crippen LogP contribution in [0.25, 0.3) is 22.4 Å². The summed E-state index contributed by atoms with van der Waals surface area (Å²) in [6, 6.07) is 3.37. The molecular weight excluding hydrogens is 432 g/mol. The smallest absolute Gasteiger partial charge is 0.243 e. The van der Waals surface area contributed by atoms with Gasteiger partial charge in [0.25, 0.3) is 0 Å². The zero-order valence-electron chi connectivity index (χ0n) is 17.9. The van der Waals surface area contributed by atoms with Crippen molar-refractivity contribution in [1.82, 2.24) is 34.1 Å². The van der Waals surface area contributed by atoms with Crippen molar-refractivity contribution in [2.24, 2.45) is 0 Å². The van der Waals surface area contributed by atoms with Gasteiger partial charge in [-0.3, -0.25) is 4.90 Å². The van der Waals surface area contributed by atoms with E-state index in [1.54, 1.807) is 36.1 Å². The van der Waals surface area contributed by atoms with Gasteiger partial charge in [-0.2, -0.15) is 10.1 Å². The molecule has 0 saturated carbocycles. The van der Waals surface area contributed by atoms with Crippen molar-refractivity contribution in [3.8, 4) is 11.3 Å². The molecule has 0 bridgehead atoms. The fraction of sp³-hybridized carbons (Fsp3) is 0.429. The maximum atomic E-state index is 15.1. The van der Waals surface area contributed by atoms with Gasteiger partial charge in [0.05, 0.1) is 42.8 Å². The van der Waals surface area contributed by atoms with Gasteiger partial charge in [0.15, 0.2) is 17.3 Å². The molecule has 33 heavy (non-hydrogen) atoms. The highest BCUT2D eigenvalue weighted by molar-refractivity contribution is 5.88. The number of hydrogen-bond donors (Lipinski definition) is 2. The fourth-order valence-electron chi connectivity index (χ4n) is 4.50.